The van der Waals surface area contributed by atoms with E-state index in [0.29, 0.717) is 11.3 Å². The lowest BCUT2D eigenvalue weighted by molar-refractivity contribution is -0.119. The topological polar surface area (TPSA) is 126 Å². The number of Topliss-reactive ketones (excluding diaryl/α,β-unsaturated/α-hetero) is 1. The lowest BCUT2D eigenvalue weighted by Gasteiger charge is -2.21. The van der Waals surface area contributed by atoms with Gasteiger partial charge in [-0.05, 0) is 51.1 Å². The molecule has 0 unspecified atom stereocenters. The summed E-state index contributed by atoms with van der Waals surface area (Å²) in [5, 5.41) is 2.51. The van der Waals surface area contributed by atoms with Gasteiger partial charge in [-0.2, -0.15) is 4.31 Å². The fourth-order valence-electron chi connectivity index (χ4n) is 2.28. The first kappa shape index (κ1) is 22.3. The average molecular weight is 421 g/mol. The van der Waals surface area contributed by atoms with Crippen LogP contribution in [0.3, 0.4) is 0 Å². The summed E-state index contributed by atoms with van der Waals surface area (Å²) in [7, 11) is -2.12. The molecule has 1 aromatic heterocycles. The number of carbonyl (C=O) groups excluding carboxylic acids is 3. The molecule has 0 radical (unpaired) electrons. The molecule has 0 aliphatic rings. The van der Waals surface area contributed by atoms with Gasteiger partial charge in [0.15, 0.2) is 12.4 Å². The highest BCUT2D eigenvalue weighted by Gasteiger charge is 2.23. The Balaban J connectivity index is 1.94. The fraction of sp³-hybridized carbons (Fsp3) is 0.316. The highest BCUT2D eigenvalue weighted by atomic mass is 32.2. The first-order chi connectivity index (χ1) is 13.5. The van der Waals surface area contributed by atoms with Crippen LogP contribution < -0.4 is 5.32 Å². The van der Waals surface area contributed by atoms with Crippen molar-refractivity contribution < 1.29 is 27.5 Å². The molecule has 156 valence electrons. The number of sulfonamides is 1. The van der Waals surface area contributed by atoms with E-state index in [1.54, 1.807) is 13.8 Å². The summed E-state index contributed by atoms with van der Waals surface area (Å²) in [6.45, 7) is 4.36. The first-order valence-corrected chi connectivity index (χ1v) is 10.2. The van der Waals surface area contributed by atoms with Crippen LogP contribution in [0.15, 0.2) is 41.4 Å². The fourth-order valence-corrected chi connectivity index (χ4v) is 3.64. The van der Waals surface area contributed by atoms with Crippen LogP contribution in [0.2, 0.25) is 0 Å². The maximum atomic E-state index is 12.4. The minimum absolute atomic E-state index is 0.0619. The zero-order valence-electron chi connectivity index (χ0n) is 16.6. The Bertz CT molecular complexity index is 1010. The summed E-state index contributed by atoms with van der Waals surface area (Å²) in [6.07, 6.45) is 1.38. The summed E-state index contributed by atoms with van der Waals surface area (Å²) in [5.74, 6) is -1.57. The highest BCUT2D eigenvalue weighted by Crippen LogP contribution is 2.19. The van der Waals surface area contributed by atoms with Crippen LogP contribution >= 0.6 is 0 Å². The van der Waals surface area contributed by atoms with Crippen molar-refractivity contribution in [3.8, 4) is 0 Å². The monoisotopic (exact) mass is 421 g/mol. The smallest absolute Gasteiger partial charge is 0.355 e. The van der Waals surface area contributed by atoms with Gasteiger partial charge in [-0.3, -0.25) is 9.59 Å². The normalized spacial score (nSPS) is 11.5. The van der Waals surface area contributed by atoms with Gasteiger partial charge >= 0.3 is 5.97 Å². The highest BCUT2D eigenvalue weighted by molar-refractivity contribution is 7.89. The molecule has 0 atom stereocenters. The molecule has 1 heterocycles. The van der Waals surface area contributed by atoms with Gasteiger partial charge in [-0.25, -0.2) is 13.2 Å². The van der Waals surface area contributed by atoms with Crippen LogP contribution in [0.4, 0.5) is 5.69 Å². The Morgan fingerprint density at radius 2 is 1.79 bits per heavy atom. The second-order valence-corrected chi connectivity index (χ2v) is 8.62. The number of anilines is 1. The SMILES string of the molecule is CC(=O)c1c[nH]c(C(=O)OCC(=O)Nc2ccc(S(=O)(=O)N(C)C(C)C)cc2)c1. The van der Waals surface area contributed by atoms with Crippen molar-refractivity contribution in [1.29, 1.82) is 0 Å². The summed E-state index contributed by atoms with van der Waals surface area (Å²) in [5.41, 5.74) is 0.752. The van der Waals surface area contributed by atoms with Crippen LogP contribution in [-0.4, -0.2) is 55.1 Å². The van der Waals surface area contributed by atoms with Gasteiger partial charge in [0.25, 0.3) is 5.91 Å². The van der Waals surface area contributed by atoms with E-state index in [0.717, 1.165) is 0 Å². The van der Waals surface area contributed by atoms with Crippen molar-refractivity contribution in [3.63, 3.8) is 0 Å². The van der Waals surface area contributed by atoms with Crippen molar-refractivity contribution in [2.45, 2.75) is 31.7 Å². The van der Waals surface area contributed by atoms with Crippen LogP contribution in [-0.2, 0) is 19.6 Å². The lowest BCUT2D eigenvalue weighted by Crippen LogP contribution is -2.33. The van der Waals surface area contributed by atoms with Crippen LogP contribution in [0, 0.1) is 0 Å². The van der Waals surface area contributed by atoms with Gasteiger partial charge < -0.3 is 15.0 Å². The van der Waals surface area contributed by atoms with Gasteiger partial charge in [-0.15, -0.1) is 0 Å². The Morgan fingerprint density at radius 3 is 2.31 bits per heavy atom. The van der Waals surface area contributed by atoms with Gasteiger partial charge in [0.2, 0.25) is 10.0 Å². The maximum absolute atomic E-state index is 12.4. The van der Waals surface area contributed by atoms with E-state index in [1.807, 2.05) is 0 Å². The van der Waals surface area contributed by atoms with Crippen molar-refractivity contribution >= 4 is 33.4 Å². The standard InChI is InChI=1S/C19H23N3O6S/c1-12(2)22(4)29(26,27)16-7-5-15(6-8-16)21-18(24)11-28-19(25)17-9-14(10-20-17)13(3)23/h5-10,12,20H,11H2,1-4H3,(H,21,24). The Morgan fingerprint density at radius 1 is 1.17 bits per heavy atom. The molecule has 10 heteroatoms. The van der Waals surface area contributed by atoms with Gasteiger partial charge in [-0.1, -0.05) is 0 Å². The van der Waals surface area contributed by atoms with Crippen LogP contribution in [0.25, 0.3) is 0 Å². The Kier molecular flexibility index (Phi) is 6.93. The molecule has 0 aliphatic carbocycles. The maximum Gasteiger partial charge on any atom is 0.355 e. The number of esters is 1. The predicted molar refractivity (Wildman–Crippen MR) is 106 cm³/mol. The van der Waals surface area contributed by atoms with E-state index in [9.17, 15) is 22.8 Å². The third kappa shape index (κ3) is 5.52. The molecule has 1 aromatic carbocycles. The van der Waals surface area contributed by atoms with E-state index < -0.39 is 28.5 Å². The molecule has 0 saturated heterocycles. The molecular weight excluding hydrogens is 398 g/mol. The van der Waals surface area contributed by atoms with E-state index in [4.69, 9.17) is 4.74 Å². The Labute approximate surface area is 169 Å². The van der Waals surface area contributed by atoms with Crippen LogP contribution in [0.5, 0.6) is 0 Å². The number of carbonyl (C=O) groups is 3. The predicted octanol–water partition coefficient (Wildman–Crippen LogP) is 2.04. The second-order valence-electron chi connectivity index (χ2n) is 6.62. The molecule has 2 N–H and O–H groups in total. The van der Waals surface area contributed by atoms with Crippen molar-refractivity contribution in [1.82, 2.24) is 9.29 Å². The number of rotatable bonds is 8. The number of ketones is 1. The molecule has 1 amide bonds. The largest absolute Gasteiger partial charge is 0.451 e. The average Bonchev–Trinajstić information content (AvgIpc) is 3.16. The molecule has 0 fully saturated rings. The first-order valence-electron chi connectivity index (χ1n) is 8.76. The van der Waals surface area contributed by atoms with Gasteiger partial charge in [0.1, 0.15) is 5.69 Å². The minimum atomic E-state index is -3.62. The molecule has 2 aromatic rings. The molecule has 0 aliphatic heterocycles. The number of amides is 1. The number of nitrogens with zero attached hydrogens (tertiary/aromatic N) is 1. The summed E-state index contributed by atoms with van der Waals surface area (Å²) in [6, 6.07) is 6.82. The molecular formula is C19H23N3O6S. The number of benzene rings is 1. The van der Waals surface area contributed by atoms with E-state index in [2.05, 4.69) is 10.3 Å². The quantitative estimate of drug-likeness (QED) is 0.496. The molecule has 2 rings (SSSR count). The zero-order valence-corrected chi connectivity index (χ0v) is 17.4. The van der Waals surface area contributed by atoms with Crippen molar-refractivity contribution in [2.75, 3.05) is 19.0 Å². The number of hydrogen-bond acceptors (Lipinski definition) is 6. The van der Waals surface area contributed by atoms with E-state index in [-0.39, 0.29) is 22.4 Å². The van der Waals surface area contributed by atoms with E-state index >= 15 is 0 Å². The number of aromatic amines is 1. The zero-order chi connectivity index (χ0) is 21.8. The van der Waals surface area contributed by atoms with Crippen LogP contribution in [0.1, 0.15) is 41.6 Å². The summed E-state index contributed by atoms with van der Waals surface area (Å²) in [4.78, 5) is 37.8. The lowest BCUT2D eigenvalue weighted by atomic mass is 10.2. The van der Waals surface area contributed by atoms with Gasteiger partial charge in [0.05, 0.1) is 4.90 Å². The summed E-state index contributed by atoms with van der Waals surface area (Å²) >= 11 is 0. The molecule has 0 bridgehead atoms. The number of H-pyrrole nitrogens is 1. The number of nitrogens with one attached hydrogen (secondary N) is 2. The van der Waals surface area contributed by atoms with Crippen molar-refractivity contribution in [2.24, 2.45) is 0 Å². The molecule has 9 nitrogen and oxygen atoms in total. The Hall–Kier alpha value is -2.98. The van der Waals surface area contributed by atoms with Crippen molar-refractivity contribution in [3.05, 3.63) is 47.8 Å². The third-order valence-corrected chi connectivity index (χ3v) is 6.23. The molecule has 29 heavy (non-hydrogen) atoms. The minimum Gasteiger partial charge on any atom is -0.451 e. The number of ether oxygens (including phenoxy) is 1. The molecule has 0 spiro atoms. The van der Waals surface area contributed by atoms with Gasteiger partial charge in [0, 0.05) is 30.5 Å². The molecule has 0 saturated carbocycles. The number of aromatic nitrogens is 1. The third-order valence-electron chi connectivity index (χ3n) is 4.19. The summed E-state index contributed by atoms with van der Waals surface area (Å²) < 4.78 is 31.0. The second kappa shape index (κ2) is 9.01. The van der Waals surface area contributed by atoms with E-state index in [1.165, 1.54) is 54.8 Å². The number of hydrogen-bond donors (Lipinski definition) is 2.